The predicted octanol–water partition coefficient (Wildman–Crippen LogP) is 3.74. The lowest BCUT2D eigenvalue weighted by Crippen LogP contribution is -2.47. The number of aliphatic imine (C=N–C) groups is 1. The van der Waals surface area contributed by atoms with Crippen molar-refractivity contribution in [2.45, 2.75) is 46.2 Å². The van der Waals surface area contributed by atoms with Gasteiger partial charge >= 0.3 is 0 Å². The summed E-state index contributed by atoms with van der Waals surface area (Å²) >= 11 is 0. The lowest BCUT2D eigenvalue weighted by molar-refractivity contribution is 0.234. The van der Waals surface area contributed by atoms with E-state index in [4.69, 9.17) is 0 Å². The first-order valence-corrected chi connectivity index (χ1v) is 10.1. The first-order chi connectivity index (χ1) is 13.1. The Morgan fingerprint density at radius 1 is 1.30 bits per heavy atom. The molecule has 2 unspecified atom stereocenters. The summed E-state index contributed by atoms with van der Waals surface area (Å²) in [6, 6.07) is 10.9. The minimum Gasteiger partial charge on any atom is -0.349 e. The largest absolute Gasteiger partial charge is 0.349 e. The van der Waals surface area contributed by atoms with Gasteiger partial charge in [0, 0.05) is 39.1 Å². The normalized spacial score (nSPS) is 20.9. The van der Waals surface area contributed by atoms with Crippen molar-refractivity contribution in [3.05, 3.63) is 54.1 Å². The second-order valence-electron chi connectivity index (χ2n) is 8.02. The van der Waals surface area contributed by atoms with Crippen LogP contribution in [0.2, 0.25) is 0 Å². The van der Waals surface area contributed by atoms with Crippen molar-refractivity contribution in [2.75, 3.05) is 20.1 Å². The molecule has 1 aromatic heterocycles. The molecular formula is C22H33N5. The van der Waals surface area contributed by atoms with Gasteiger partial charge in [-0.05, 0) is 29.7 Å². The maximum absolute atomic E-state index is 4.53. The molecule has 2 heterocycles. The number of aromatic nitrogens is 2. The Morgan fingerprint density at radius 2 is 2.07 bits per heavy atom. The minimum absolute atomic E-state index is 0.600. The third kappa shape index (κ3) is 4.90. The van der Waals surface area contributed by atoms with Gasteiger partial charge in [-0.3, -0.25) is 4.99 Å². The lowest BCUT2D eigenvalue weighted by Gasteiger charge is -2.38. The molecule has 0 spiro atoms. The second kappa shape index (κ2) is 9.07. The van der Waals surface area contributed by atoms with Crippen LogP contribution in [-0.4, -0.2) is 40.5 Å². The molecule has 5 heteroatoms. The second-order valence-corrected chi connectivity index (χ2v) is 8.02. The smallest absolute Gasteiger partial charge is 0.194 e. The topological polar surface area (TPSA) is 45.5 Å². The van der Waals surface area contributed by atoms with Crippen molar-refractivity contribution >= 4 is 5.96 Å². The zero-order valence-electron chi connectivity index (χ0n) is 17.1. The number of hydrogen-bond donors (Lipinski definition) is 1. The maximum atomic E-state index is 4.53. The molecule has 2 atom stereocenters. The van der Waals surface area contributed by atoms with Crippen LogP contribution in [0, 0.1) is 11.8 Å². The Kier molecular flexibility index (Phi) is 6.54. The SMILES string of the molecule is CN=C(NCc1nccn1CC(C)C)N1CCC(c2ccccc2)C(C)C1. The van der Waals surface area contributed by atoms with Gasteiger partial charge in [0.05, 0.1) is 6.54 Å². The maximum Gasteiger partial charge on any atom is 0.194 e. The summed E-state index contributed by atoms with van der Waals surface area (Å²) in [6.45, 7) is 10.6. The van der Waals surface area contributed by atoms with Gasteiger partial charge in [-0.2, -0.15) is 0 Å². The Bertz CT molecular complexity index is 734. The average molecular weight is 368 g/mol. The van der Waals surface area contributed by atoms with Crippen molar-refractivity contribution in [2.24, 2.45) is 16.8 Å². The van der Waals surface area contributed by atoms with Gasteiger partial charge in [0.25, 0.3) is 0 Å². The molecule has 1 saturated heterocycles. The van der Waals surface area contributed by atoms with Gasteiger partial charge in [-0.25, -0.2) is 4.98 Å². The minimum atomic E-state index is 0.600. The number of piperidine rings is 1. The standard InChI is InChI=1S/C22H33N5/c1-17(2)15-26-13-11-24-21(26)14-25-22(23-4)27-12-10-20(18(3)16-27)19-8-6-5-7-9-19/h5-9,11,13,17-18,20H,10,12,14-16H2,1-4H3,(H,23,25). The van der Waals surface area contributed by atoms with Crippen molar-refractivity contribution < 1.29 is 0 Å². The highest BCUT2D eigenvalue weighted by Crippen LogP contribution is 2.32. The molecule has 0 radical (unpaired) electrons. The monoisotopic (exact) mass is 367 g/mol. The van der Waals surface area contributed by atoms with Gasteiger partial charge in [-0.15, -0.1) is 0 Å². The van der Waals surface area contributed by atoms with Crippen LogP contribution in [0.3, 0.4) is 0 Å². The van der Waals surface area contributed by atoms with Crippen LogP contribution in [0.4, 0.5) is 0 Å². The van der Waals surface area contributed by atoms with E-state index < -0.39 is 0 Å². The fourth-order valence-corrected chi connectivity index (χ4v) is 4.09. The third-order valence-corrected chi connectivity index (χ3v) is 5.41. The molecule has 146 valence electrons. The number of imidazole rings is 1. The molecule has 27 heavy (non-hydrogen) atoms. The van der Waals surface area contributed by atoms with E-state index >= 15 is 0 Å². The molecule has 1 N–H and O–H groups in total. The number of guanidine groups is 1. The summed E-state index contributed by atoms with van der Waals surface area (Å²) in [7, 11) is 1.87. The molecule has 5 nitrogen and oxygen atoms in total. The zero-order valence-corrected chi connectivity index (χ0v) is 17.1. The van der Waals surface area contributed by atoms with Crippen LogP contribution in [0.1, 0.15) is 44.5 Å². The highest BCUT2D eigenvalue weighted by Gasteiger charge is 2.28. The molecule has 1 aliphatic rings. The van der Waals surface area contributed by atoms with Crippen LogP contribution in [0.25, 0.3) is 0 Å². The summed E-state index contributed by atoms with van der Waals surface area (Å²) in [5.41, 5.74) is 1.46. The highest BCUT2D eigenvalue weighted by atomic mass is 15.3. The summed E-state index contributed by atoms with van der Waals surface area (Å²) < 4.78 is 2.23. The van der Waals surface area contributed by atoms with Crippen LogP contribution in [-0.2, 0) is 13.1 Å². The average Bonchev–Trinajstić information content (AvgIpc) is 3.09. The van der Waals surface area contributed by atoms with Gasteiger partial charge in [-0.1, -0.05) is 51.1 Å². The van der Waals surface area contributed by atoms with E-state index in [0.29, 0.717) is 24.3 Å². The fourth-order valence-electron chi connectivity index (χ4n) is 4.09. The number of rotatable bonds is 5. The first-order valence-electron chi connectivity index (χ1n) is 10.1. The van der Waals surface area contributed by atoms with E-state index in [1.165, 1.54) is 5.56 Å². The Balaban J connectivity index is 1.58. The van der Waals surface area contributed by atoms with Crippen molar-refractivity contribution in [3.63, 3.8) is 0 Å². The molecule has 2 aromatic rings. The summed E-state index contributed by atoms with van der Waals surface area (Å²) in [5, 5.41) is 3.52. The molecule has 0 saturated carbocycles. The number of benzene rings is 1. The van der Waals surface area contributed by atoms with E-state index in [1.807, 2.05) is 13.2 Å². The molecule has 0 amide bonds. The Labute approximate surface area is 163 Å². The number of hydrogen-bond acceptors (Lipinski definition) is 2. The number of nitrogens with zero attached hydrogens (tertiary/aromatic N) is 4. The van der Waals surface area contributed by atoms with Gasteiger partial charge in [0.1, 0.15) is 5.82 Å². The van der Waals surface area contributed by atoms with E-state index in [-0.39, 0.29) is 0 Å². The molecule has 1 aromatic carbocycles. The molecule has 1 fully saturated rings. The molecule has 0 bridgehead atoms. The highest BCUT2D eigenvalue weighted by molar-refractivity contribution is 5.79. The molecular weight excluding hydrogens is 334 g/mol. The lowest BCUT2D eigenvalue weighted by atomic mass is 9.82. The molecule has 0 aliphatic carbocycles. The molecule has 1 aliphatic heterocycles. The van der Waals surface area contributed by atoms with Crippen LogP contribution < -0.4 is 5.32 Å². The Morgan fingerprint density at radius 3 is 2.74 bits per heavy atom. The van der Waals surface area contributed by atoms with E-state index in [2.05, 4.69) is 82.1 Å². The summed E-state index contributed by atoms with van der Waals surface area (Å²) in [6.07, 6.45) is 5.11. The number of likely N-dealkylation sites (tertiary alicyclic amines) is 1. The van der Waals surface area contributed by atoms with E-state index in [0.717, 1.165) is 37.8 Å². The number of nitrogens with one attached hydrogen (secondary N) is 1. The fraction of sp³-hybridized carbons (Fsp3) is 0.545. The Hall–Kier alpha value is -2.30. The zero-order chi connectivity index (χ0) is 19.2. The first kappa shape index (κ1) is 19.5. The van der Waals surface area contributed by atoms with E-state index in [9.17, 15) is 0 Å². The van der Waals surface area contributed by atoms with Gasteiger partial charge in [0.15, 0.2) is 5.96 Å². The van der Waals surface area contributed by atoms with E-state index in [1.54, 1.807) is 0 Å². The summed E-state index contributed by atoms with van der Waals surface area (Å²) in [5.74, 6) is 3.88. The van der Waals surface area contributed by atoms with Gasteiger partial charge < -0.3 is 14.8 Å². The van der Waals surface area contributed by atoms with Crippen molar-refractivity contribution in [1.82, 2.24) is 19.8 Å². The van der Waals surface area contributed by atoms with Crippen molar-refractivity contribution in [3.8, 4) is 0 Å². The van der Waals surface area contributed by atoms with Crippen LogP contribution in [0.15, 0.2) is 47.7 Å². The predicted molar refractivity (Wildman–Crippen MR) is 112 cm³/mol. The third-order valence-electron chi connectivity index (χ3n) is 5.41. The summed E-state index contributed by atoms with van der Waals surface area (Å²) in [4.78, 5) is 11.4. The van der Waals surface area contributed by atoms with Gasteiger partial charge in [0.2, 0.25) is 0 Å². The molecule has 3 rings (SSSR count). The van der Waals surface area contributed by atoms with Crippen LogP contribution >= 0.6 is 0 Å². The quantitative estimate of drug-likeness (QED) is 0.647. The van der Waals surface area contributed by atoms with Crippen LogP contribution in [0.5, 0.6) is 0 Å². The van der Waals surface area contributed by atoms with Crippen molar-refractivity contribution in [1.29, 1.82) is 0 Å².